The second kappa shape index (κ2) is 12.6. The normalized spacial score (nSPS) is 10.5. The van der Waals surface area contributed by atoms with Gasteiger partial charge in [0, 0.05) is 0 Å². The highest BCUT2D eigenvalue weighted by atomic mass is 16.5. The molecule has 0 radical (unpaired) electrons. The summed E-state index contributed by atoms with van der Waals surface area (Å²) in [5.74, 6) is -8.82. The molecule has 6 N–H and O–H groups in total. The third-order valence-corrected chi connectivity index (χ3v) is 2.99. The highest BCUT2D eigenvalue weighted by Gasteiger charge is 2.42. The molecule has 0 aliphatic heterocycles. The number of carbonyl (C=O) groups excluding carboxylic acids is 2. The predicted molar refractivity (Wildman–Crippen MR) is 92.6 cm³/mol. The van der Waals surface area contributed by atoms with Crippen LogP contribution < -0.4 is 0 Å². The first-order valence-corrected chi connectivity index (χ1v) is 7.59. The summed E-state index contributed by atoms with van der Waals surface area (Å²) in [6, 6.07) is 0. The summed E-state index contributed by atoms with van der Waals surface area (Å²) in [5.41, 5.74) is -5.32. The molecule has 0 heterocycles. The number of carboxylic acid groups (broad SMARTS) is 4. The number of carboxylic acids is 4. The van der Waals surface area contributed by atoms with Gasteiger partial charge in [0.1, 0.15) is 0 Å². The number of aliphatic carboxylic acids is 4. The second-order valence-corrected chi connectivity index (χ2v) is 5.48. The van der Waals surface area contributed by atoms with Crippen LogP contribution in [0.1, 0.15) is 27.1 Å². The first-order valence-electron chi connectivity index (χ1n) is 7.59. The average Bonchev–Trinajstić information content (AvgIpc) is 2.53. The SMILES string of the molecule is C=COC(=O)CC(O)(CC(=O)OC=C)C(=O)O.O=C(O)CC(O)(CC(=O)O)C(=O)O.[H+]. The summed E-state index contributed by atoms with van der Waals surface area (Å²) in [5, 5.41) is 52.2. The zero-order chi connectivity index (χ0) is 24.1. The molecule has 0 bridgehead atoms. The zero-order valence-corrected chi connectivity index (χ0v) is 15.3. The molecule has 0 aromatic rings. The van der Waals surface area contributed by atoms with Crippen molar-refractivity contribution in [3.63, 3.8) is 0 Å². The van der Waals surface area contributed by atoms with E-state index in [4.69, 9.17) is 25.5 Å². The smallest absolute Gasteiger partial charge is 0.481 e. The summed E-state index contributed by atoms with van der Waals surface area (Å²) in [4.78, 5) is 63.3. The Morgan fingerprint density at radius 2 is 0.933 bits per heavy atom. The van der Waals surface area contributed by atoms with Crippen molar-refractivity contribution in [2.75, 3.05) is 0 Å². The van der Waals surface area contributed by atoms with Crippen molar-refractivity contribution in [2.45, 2.75) is 36.9 Å². The minimum absolute atomic E-state index is 0. The van der Waals surface area contributed by atoms with Gasteiger partial charge in [0.15, 0.2) is 11.2 Å². The van der Waals surface area contributed by atoms with Crippen molar-refractivity contribution in [1.29, 1.82) is 0 Å². The van der Waals surface area contributed by atoms with Gasteiger partial charge in [0.2, 0.25) is 0 Å². The Morgan fingerprint density at radius 3 is 1.13 bits per heavy atom. The van der Waals surface area contributed by atoms with E-state index >= 15 is 0 Å². The molecule has 30 heavy (non-hydrogen) atoms. The van der Waals surface area contributed by atoms with Gasteiger partial charge in [-0.25, -0.2) is 9.59 Å². The third kappa shape index (κ3) is 11.2. The van der Waals surface area contributed by atoms with Gasteiger partial charge in [-0.1, -0.05) is 13.2 Å². The Bertz CT molecular complexity index is 673. The van der Waals surface area contributed by atoms with Gasteiger partial charge < -0.3 is 40.1 Å². The third-order valence-electron chi connectivity index (χ3n) is 2.99. The van der Waals surface area contributed by atoms with Crippen LogP contribution in [0.15, 0.2) is 25.7 Å². The van der Waals surface area contributed by atoms with E-state index in [9.17, 15) is 33.9 Å². The molecule has 168 valence electrons. The standard InChI is InChI=1S/C10H12O7.C6H8O7/c1-3-16-7(11)5-10(15,9(13)14)6-8(12)17-4-2;7-3(8)1-6(13,5(11)12)2-4(9)10/h3-4,15H,1-2,5-6H2,(H,13,14);13H,1-2H2,(H,7,8)(H,9,10)(H,11,12)/p+1. The van der Waals surface area contributed by atoms with E-state index in [-0.39, 0.29) is 1.43 Å². The minimum Gasteiger partial charge on any atom is -0.481 e. The van der Waals surface area contributed by atoms with E-state index in [1.54, 1.807) is 0 Å². The van der Waals surface area contributed by atoms with Crippen LogP contribution in [-0.2, 0) is 38.2 Å². The predicted octanol–water partition coefficient (Wildman–Crippen LogP) is -1.18. The molecule has 14 heteroatoms. The Labute approximate surface area is 169 Å². The average molecular weight is 437 g/mol. The fourth-order valence-corrected chi connectivity index (χ4v) is 1.67. The van der Waals surface area contributed by atoms with Crippen LogP contribution in [0.25, 0.3) is 0 Å². The van der Waals surface area contributed by atoms with Crippen LogP contribution in [0, 0.1) is 0 Å². The molecule has 0 aromatic heterocycles. The summed E-state index contributed by atoms with van der Waals surface area (Å²) in [7, 11) is 0. The van der Waals surface area contributed by atoms with Crippen molar-refractivity contribution < 1.29 is 70.3 Å². The molecule has 0 atom stereocenters. The number of hydrogen-bond acceptors (Lipinski definition) is 10. The molecule has 14 nitrogen and oxygen atoms in total. The van der Waals surface area contributed by atoms with E-state index in [0.29, 0.717) is 0 Å². The summed E-state index contributed by atoms with van der Waals surface area (Å²) in [6.07, 6.45) is -2.52. The van der Waals surface area contributed by atoms with Gasteiger partial charge in [-0.2, -0.15) is 0 Å². The largest absolute Gasteiger partial charge is 1.00 e. The maximum absolute atomic E-state index is 11.0. The van der Waals surface area contributed by atoms with Crippen molar-refractivity contribution in [3.05, 3.63) is 25.7 Å². The molecular weight excluding hydrogens is 416 g/mol. The molecule has 0 aliphatic rings. The lowest BCUT2D eigenvalue weighted by Crippen LogP contribution is -2.43. The van der Waals surface area contributed by atoms with Crippen LogP contribution in [0.2, 0.25) is 0 Å². The quantitative estimate of drug-likeness (QED) is 0.155. The monoisotopic (exact) mass is 437 g/mol. The maximum Gasteiger partial charge on any atom is 1.00 e. The molecule has 0 amide bonds. The number of rotatable bonds is 12. The lowest BCUT2D eigenvalue weighted by Gasteiger charge is -2.20. The van der Waals surface area contributed by atoms with Crippen LogP contribution in [0.5, 0.6) is 0 Å². The van der Waals surface area contributed by atoms with Gasteiger partial charge in [0.25, 0.3) is 0 Å². The molecule has 0 aromatic carbocycles. The van der Waals surface area contributed by atoms with Crippen LogP contribution >= 0.6 is 0 Å². The molecular formula is C16H21O14+. The summed E-state index contributed by atoms with van der Waals surface area (Å²) >= 11 is 0. The highest BCUT2D eigenvalue weighted by molar-refractivity contribution is 5.89. The maximum atomic E-state index is 11.0. The molecule has 0 spiro atoms. The van der Waals surface area contributed by atoms with E-state index in [2.05, 4.69) is 22.6 Å². The van der Waals surface area contributed by atoms with E-state index in [0.717, 1.165) is 12.5 Å². The Morgan fingerprint density at radius 1 is 0.667 bits per heavy atom. The van der Waals surface area contributed by atoms with Crippen molar-refractivity contribution >= 4 is 35.8 Å². The van der Waals surface area contributed by atoms with Crippen molar-refractivity contribution in [1.82, 2.24) is 0 Å². The van der Waals surface area contributed by atoms with Gasteiger partial charge in [-0.3, -0.25) is 19.2 Å². The van der Waals surface area contributed by atoms with Gasteiger partial charge in [0.05, 0.1) is 38.2 Å². The lowest BCUT2D eigenvalue weighted by molar-refractivity contribution is -0.170. The van der Waals surface area contributed by atoms with E-state index in [1.165, 1.54) is 0 Å². The number of hydrogen-bond donors (Lipinski definition) is 6. The topological polar surface area (TPSA) is 242 Å². The summed E-state index contributed by atoms with van der Waals surface area (Å²) < 4.78 is 8.52. The van der Waals surface area contributed by atoms with Gasteiger partial charge in [-0.15, -0.1) is 0 Å². The Balaban J connectivity index is -0.000000507. The molecule has 0 saturated carbocycles. The molecule has 0 fully saturated rings. The molecule has 0 aliphatic carbocycles. The highest BCUT2D eigenvalue weighted by Crippen LogP contribution is 2.18. The van der Waals surface area contributed by atoms with Gasteiger partial charge in [-0.05, 0) is 0 Å². The Hall–Kier alpha value is -3.78. The lowest BCUT2D eigenvalue weighted by atomic mass is 9.96. The van der Waals surface area contributed by atoms with Crippen molar-refractivity contribution in [2.24, 2.45) is 0 Å². The van der Waals surface area contributed by atoms with Crippen LogP contribution in [0.4, 0.5) is 0 Å². The fourth-order valence-electron chi connectivity index (χ4n) is 1.67. The summed E-state index contributed by atoms with van der Waals surface area (Å²) in [6.45, 7) is 6.18. The number of ether oxygens (including phenoxy) is 2. The minimum atomic E-state index is -2.74. The molecule has 0 saturated heterocycles. The first kappa shape index (κ1) is 28.4. The van der Waals surface area contributed by atoms with Gasteiger partial charge >= 0.3 is 37.2 Å². The fraction of sp³-hybridized carbons (Fsp3) is 0.375. The molecule has 0 rings (SSSR count). The number of carbonyl (C=O) groups is 6. The van der Waals surface area contributed by atoms with Crippen LogP contribution in [-0.4, -0.2) is 77.7 Å². The van der Waals surface area contributed by atoms with E-state index < -0.39 is 72.7 Å². The zero-order valence-electron chi connectivity index (χ0n) is 16.3. The number of aliphatic hydroxyl groups is 2. The number of esters is 2. The molecule has 0 unspecified atom stereocenters. The Kier molecular flexibility index (Phi) is 12.0. The van der Waals surface area contributed by atoms with E-state index in [1.807, 2.05) is 0 Å². The second-order valence-electron chi connectivity index (χ2n) is 5.48. The van der Waals surface area contributed by atoms with Crippen molar-refractivity contribution in [3.8, 4) is 0 Å². The first-order chi connectivity index (χ1) is 13.6. The van der Waals surface area contributed by atoms with Crippen LogP contribution in [0.3, 0.4) is 0 Å².